The second-order valence-electron chi connectivity index (χ2n) is 6.43. The lowest BCUT2D eigenvalue weighted by Gasteiger charge is -2.16. The first-order chi connectivity index (χ1) is 13.1. The van der Waals surface area contributed by atoms with E-state index in [9.17, 15) is 18.0 Å². The average Bonchev–Trinajstić information content (AvgIpc) is 2.67. The van der Waals surface area contributed by atoms with Crippen LogP contribution >= 0.6 is 0 Å². The molecule has 0 saturated heterocycles. The largest absolute Gasteiger partial charge is 0.495 e. The van der Waals surface area contributed by atoms with Crippen molar-refractivity contribution in [2.45, 2.75) is 24.8 Å². The second kappa shape index (κ2) is 8.53. The van der Waals surface area contributed by atoms with Gasteiger partial charge in [-0.3, -0.25) is 4.79 Å². The molecule has 150 valence electrons. The summed E-state index contributed by atoms with van der Waals surface area (Å²) in [5.74, 6) is -1.04. The van der Waals surface area contributed by atoms with Gasteiger partial charge in [-0.25, -0.2) is 17.5 Å². The maximum absolute atomic E-state index is 12.5. The molecule has 2 aromatic carbocycles. The summed E-state index contributed by atoms with van der Waals surface area (Å²) in [5.41, 5.74) is 1.44. The van der Waals surface area contributed by atoms with Crippen molar-refractivity contribution in [2.75, 3.05) is 21.2 Å². The van der Waals surface area contributed by atoms with Crippen LogP contribution in [0.2, 0.25) is 0 Å². The van der Waals surface area contributed by atoms with E-state index in [0.717, 1.165) is 9.87 Å². The van der Waals surface area contributed by atoms with Crippen molar-refractivity contribution in [3.8, 4) is 5.75 Å². The van der Waals surface area contributed by atoms with Gasteiger partial charge in [0.25, 0.3) is 0 Å². The van der Waals surface area contributed by atoms with Gasteiger partial charge in [-0.05, 0) is 32.0 Å². The molecule has 0 heterocycles. The summed E-state index contributed by atoms with van der Waals surface area (Å²) in [7, 11) is 0.258. The van der Waals surface area contributed by atoms with E-state index in [-0.39, 0.29) is 22.0 Å². The molecule has 0 amide bonds. The van der Waals surface area contributed by atoms with E-state index in [1.165, 1.54) is 46.3 Å². The van der Waals surface area contributed by atoms with E-state index in [0.29, 0.717) is 5.56 Å². The van der Waals surface area contributed by atoms with Crippen molar-refractivity contribution in [3.63, 3.8) is 0 Å². The SMILES string of the molecule is COc1ccc(C(=O)O[C@@H](C)C(=O)c2ccc(C)cc2)cc1S(=O)(=O)N(C)C. The van der Waals surface area contributed by atoms with Gasteiger partial charge in [-0.15, -0.1) is 0 Å². The standard InChI is InChI=1S/C20H23NO6S/c1-13-6-8-15(9-7-13)19(22)14(2)27-20(23)16-10-11-17(26-5)18(12-16)28(24,25)21(3)4/h6-12,14H,1-5H3/t14-/m0/s1. The van der Waals surface area contributed by atoms with Crippen LogP contribution in [0, 0.1) is 6.92 Å². The highest BCUT2D eigenvalue weighted by atomic mass is 32.2. The Morgan fingerprint density at radius 1 is 1.00 bits per heavy atom. The molecule has 0 spiro atoms. The number of ketones is 1. The van der Waals surface area contributed by atoms with Gasteiger partial charge in [0, 0.05) is 19.7 Å². The Labute approximate surface area is 164 Å². The predicted octanol–water partition coefficient (Wildman–Crippen LogP) is 2.68. The molecule has 1 atom stereocenters. The van der Waals surface area contributed by atoms with Gasteiger partial charge < -0.3 is 9.47 Å². The van der Waals surface area contributed by atoms with Crippen molar-refractivity contribution >= 4 is 21.8 Å². The van der Waals surface area contributed by atoms with Crippen LogP contribution in [-0.4, -0.2) is 51.8 Å². The van der Waals surface area contributed by atoms with Crippen LogP contribution in [0.4, 0.5) is 0 Å². The molecule has 0 aromatic heterocycles. The van der Waals surface area contributed by atoms with E-state index in [1.807, 2.05) is 6.92 Å². The number of nitrogens with zero attached hydrogens (tertiary/aromatic N) is 1. The van der Waals surface area contributed by atoms with E-state index in [2.05, 4.69) is 0 Å². The Morgan fingerprint density at radius 3 is 2.11 bits per heavy atom. The summed E-state index contributed by atoms with van der Waals surface area (Å²) in [6.07, 6.45) is -1.02. The molecule has 0 unspecified atom stereocenters. The third-order valence-electron chi connectivity index (χ3n) is 4.15. The van der Waals surface area contributed by atoms with Gasteiger partial charge in [-0.2, -0.15) is 0 Å². The van der Waals surface area contributed by atoms with Crippen molar-refractivity contribution in [2.24, 2.45) is 0 Å². The quantitative estimate of drug-likeness (QED) is 0.520. The minimum absolute atomic E-state index is 0.00443. The molecule has 2 rings (SSSR count). The number of aryl methyl sites for hydroxylation is 1. The molecular weight excluding hydrogens is 382 g/mol. The fourth-order valence-corrected chi connectivity index (χ4v) is 3.51. The summed E-state index contributed by atoms with van der Waals surface area (Å²) in [6.45, 7) is 3.38. The smallest absolute Gasteiger partial charge is 0.338 e. The fourth-order valence-electron chi connectivity index (χ4n) is 2.44. The lowest BCUT2D eigenvalue weighted by molar-refractivity contribution is 0.0318. The van der Waals surface area contributed by atoms with E-state index in [4.69, 9.17) is 9.47 Å². The highest BCUT2D eigenvalue weighted by Gasteiger charge is 2.26. The van der Waals surface area contributed by atoms with Crippen molar-refractivity contribution in [3.05, 3.63) is 59.2 Å². The van der Waals surface area contributed by atoms with Crippen molar-refractivity contribution in [1.29, 1.82) is 0 Å². The van der Waals surface area contributed by atoms with Crippen LogP contribution in [0.5, 0.6) is 5.75 Å². The van der Waals surface area contributed by atoms with Crippen LogP contribution in [0.15, 0.2) is 47.4 Å². The number of rotatable bonds is 7. The number of hydrogen-bond donors (Lipinski definition) is 0. The zero-order chi connectivity index (χ0) is 21.1. The van der Waals surface area contributed by atoms with E-state index >= 15 is 0 Å². The number of carbonyl (C=O) groups is 2. The number of hydrogen-bond acceptors (Lipinski definition) is 6. The molecule has 0 bridgehead atoms. The number of esters is 1. The maximum atomic E-state index is 12.5. The summed E-state index contributed by atoms with van der Waals surface area (Å²) >= 11 is 0. The van der Waals surface area contributed by atoms with Gasteiger partial charge in [0.1, 0.15) is 10.6 Å². The molecule has 8 heteroatoms. The molecule has 0 radical (unpaired) electrons. The van der Waals surface area contributed by atoms with E-state index < -0.39 is 22.1 Å². The summed E-state index contributed by atoms with van der Waals surface area (Å²) in [6, 6.07) is 10.9. The Morgan fingerprint density at radius 2 is 1.57 bits per heavy atom. The third-order valence-corrected chi connectivity index (χ3v) is 5.98. The number of methoxy groups -OCH3 is 1. The number of benzene rings is 2. The Balaban J connectivity index is 2.26. The molecular formula is C20H23NO6S. The zero-order valence-electron chi connectivity index (χ0n) is 16.4. The fraction of sp³-hybridized carbons (Fsp3) is 0.300. The number of Topliss-reactive ketones (excluding diaryl/α,β-unsaturated/α-hetero) is 1. The first-order valence-electron chi connectivity index (χ1n) is 8.50. The van der Waals surface area contributed by atoms with Gasteiger partial charge in [-0.1, -0.05) is 29.8 Å². The van der Waals surface area contributed by atoms with E-state index in [1.54, 1.807) is 24.3 Å². The molecule has 0 aliphatic heterocycles. The molecule has 0 N–H and O–H groups in total. The van der Waals surface area contributed by atoms with Crippen LogP contribution in [0.1, 0.15) is 33.2 Å². The Hall–Kier alpha value is -2.71. The van der Waals surface area contributed by atoms with Gasteiger partial charge in [0.2, 0.25) is 15.8 Å². The third kappa shape index (κ3) is 4.58. The second-order valence-corrected chi connectivity index (χ2v) is 8.55. The lowest BCUT2D eigenvalue weighted by Crippen LogP contribution is -2.25. The molecule has 0 saturated carbocycles. The van der Waals surface area contributed by atoms with Crippen LogP contribution in [0.25, 0.3) is 0 Å². The minimum Gasteiger partial charge on any atom is -0.495 e. The zero-order valence-corrected chi connectivity index (χ0v) is 17.2. The number of ether oxygens (including phenoxy) is 2. The van der Waals surface area contributed by atoms with Gasteiger partial charge >= 0.3 is 5.97 Å². The van der Waals surface area contributed by atoms with Gasteiger partial charge in [0.05, 0.1) is 12.7 Å². The van der Waals surface area contributed by atoms with Crippen molar-refractivity contribution in [1.82, 2.24) is 4.31 Å². The van der Waals surface area contributed by atoms with Crippen LogP contribution in [-0.2, 0) is 14.8 Å². The monoisotopic (exact) mass is 405 g/mol. The molecule has 2 aromatic rings. The Bertz CT molecular complexity index is 980. The average molecular weight is 405 g/mol. The molecule has 0 aliphatic carbocycles. The summed E-state index contributed by atoms with van der Waals surface area (Å²) in [4.78, 5) is 24.7. The minimum atomic E-state index is -3.83. The normalized spacial score (nSPS) is 12.5. The van der Waals surface area contributed by atoms with Crippen LogP contribution in [0.3, 0.4) is 0 Å². The highest BCUT2D eigenvalue weighted by Crippen LogP contribution is 2.27. The molecule has 0 aliphatic rings. The predicted molar refractivity (Wildman–Crippen MR) is 104 cm³/mol. The maximum Gasteiger partial charge on any atom is 0.338 e. The lowest BCUT2D eigenvalue weighted by atomic mass is 10.1. The van der Waals surface area contributed by atoms with Gasteiger partial charge in [0.15, 0.2) is 6.10 Å². The molecule has 0 fully saturated rings. The number of carbonyl (C=O) groups excluding carboxylic acids is 2. The first-order valence-corrected chi connectivity index (χ1v) is 9.94. The first kappa shape index (κ1) is 21.6. The molecule has 28 heavy (non-hydrogen) atoms. The Kier molecular flexibility index (Phi) is 6.58. The summed E-state index contributed by atoms with van der Waals surface area (Å²) in [5, 5.41) is 0. The van der Waals surface area contributed by atoms with Crippen LogP contribution < -0.4 is 4.74 Å². The molecule has 7 nitrogen and oxygen atoms in total. The summed E-state index contributed by atoms with van der Waals surface area (Å²) < 4.78 is 36.3. The van der Waals surface area contributed by atoms with Crippen molar-refractivity contribution < 1.29 is 27.5 Å². The highest BCUT2D eigenvalue weighted by molar-refractivity contribution is 7.89. The topological polar surface area (TPSA) is 90.0 Å². The number of sulfonamides is 1.